The van der Waals surface area contributed by atoms with Crippen LogP contribution >= 0.6 is 0 Å². The van der Waals surface area contributed by atoms with Gasteiger partial charge in [0.15, 0.2) is 0 Å². The number of amides is 1. The van der Waals surface area contributed by atoms with Crippen molar-refractivity contribution in [3.05, 3.63) is 29.8 Å². The molecule has 1 aromatic rings. The maximum absolute atomic E-state index is 11.8. The second kappa shape index (κ2) is 9.00. The summed E-state index contributed by atoms with van der Waals surface area (Å²) in [6, 6.07) is 7.68. The fourth-order valence-electron chi connectivity index (χ4n) is 2.05. The van der Waals surface area contributed by atoms with Crippen LogP contribution in [0.1, 0.15) is 32.3 Å². The van der Waals surface area contributed by atoms with E-state index >= 15 is 0 Å². The Morgan fingerprint density at radius 2 is 1.95 bits per heavy atom. The predicted molar refractivity (Wildman–Crippen MR) is 80.2 cm³/mol. The van der Waals surface area contributed by atoms with Crippen molar-refractivity contribution < 1.29 is 19.1 Å². The molecule has 0 fully saturated rings. The number of para-hydroxylation sites is 1. The van der Waals surface area contributed by atoms with Crippen LogP contribution in [0.15, 0.2) is 24.3 Å². The fraction of sp³-hybridized carbons (Fsp3) is 0.500. The minimum atomic E-state index is -0.343. The monoisotopic (exact) mass is 293 g/mol. The third-order valence-electron chi connectivity index (χ3n) is 2.99. The molecule has 0 heterocycles. The van der Waals surface area contributed by atoms with E-state index in [0.29, 0.717) is 13.0 Å². The van der Waals surface area contributed by atoms with Crippen LogP contribution < -0.4 is 10.1 Å². The van der Waals surface area contributed by atoms with Crippen molar-refractivity contribution in [1.29, 1.82) is 0 Å². The molecule has 0 aliphatic heterocycles. The topological polar surface area (TPSA) is 64.6 Å². The number of nitrogens with one attached hydrogen (secondary N) is 1. The summed E-state index contributed by atoms with van der Waals surface area (Å²) in [5, 5.41) is 2.87. The highest BCUT2D eigenvalue weighted by molar-refractivity contribution is 5.81. The molecule has 1 aromatic carbocycles. The number of esters is 1. The van der Waals surface area contributed by atoms with Gasteiger partial charge in [-0.25, -0.2) is 0 Å². The molecular weight excluding hydrogens is 270 g/mol. The van der Waals surface area contributed by atoms with Crippen LogP contribution in [0.2, 0.25) is 0 Å². The molecule has 5 nitrogen and oxygen atoms in total. The summed E-state index contributed by atoms with van der Waals surface area (Å²) in [6.07, 6.45) is 0.936. The standard InChI is InChI=1S/C16H23NO4/c1-4-21-16(19)10-9-15(18)17-12(2)11-13-7-5-6-8-14(13)20-3/h5-8,12H,4,9-11H2,1-3H3,(H,17,18). The van der Waals surface area contributed by atoms with E-state index in [-0.39, 0.29) is 30.8 Å². The largest absolute Gasteiger partial charge is 0.496 e. The van der Waals surface area contributed by atoms with Gasteiger partial charge in [-0.15, -0.1) is 0 Å². The number of ether oxygens (including phenoxy) is 2. The quantitative estimate of drug-likeness (QED) is 0.745. The second-order valence-electron chi connectivity index (χ2n) is 4.79. The van der Waals surface area contributed by atoms with E-state index in [1.807, 2.05) is 31.2 Å². The van der Waals surface area contributed by atoms with Crippen LogP contribution in [-0.4, -0.2) is 31.6 Å². The zero-order valence-corrected chi connectivity index (χ0v) is 12.8. The first-order valence-electron chi connectivity index (χ1n) is 7.13. The maximum atomic E-state index is 11.8. The minimum absolute atomic E-state index is 0.0315. The van der Waals surface area contributed by atoms with Crippen LogP contribution in [-0.2, 0) is 20.7 Å². The van der Waals surface area contributed by atoms with E-state index in [1.54, 1.807) is 14.0 Å². The van der Waals surface area contributed by atoms with E-state index in [0.717, 1.165) is 11.3 Å². The Labute approximate surface area is 125 Å². The molecule has 0 saturated heterocycles. The number of carbonyl (C=O) groups excluding carboxylic acids is 2. The van der Waals surface area contributed by atoms with Gasteiger partial charge in [0.2, 0.25) is 5.91 Å². The Morgan fingerprint density at radius 1 is 1.24 bits per heavy atom. The van der Waals surface area contributed by atoms with Gasteiger partial charge in [-0.05, 0) is 31.9 Å². The van der Waals surface area contributed by atoms with Crippen LogP contribution in [0, 0.1) is 0 Å². The molecule has 0 bridgehead atoms. The van der Waals surface area contributed by atoms with Gasteiger partial charge >= 0.3 is 5.97 Å². The zero-order valence-electron chi connectivity index (χ0n) is 12.8. The maximum Gasteiger partial charge on any atom is 0.306 e. The Hall–Kier alpha value is -2.04. The molecule has 1 unspecified atom stereocenters. The first-order chi connectivity index (χ1) is 10.1. The lowest BCUT2D eigenvalue weighted by Crippen LogP contribution is -2.34. The van der Waals surface area contributed by atoms with Gasteiger partial charge < -0.3 is 14.8 Å². The van der Waals surface area contributed by atoms with Gasteiger partial charge in [0, 0.05) is 12.5 Å². The van der Waals surface area contributed by atoms with Crippen LogP contribution in [0.3, 0.4) is 0 Å². The van der Waals surface area contributed by atoms with Crippen molar-refractivity contribution >= 4 is 11.9 Å². The molecule has 0 aromatic heterocycles. The summed E-state index contributed by atoms with van der Waals surface area (Å²) in [5.74, 6) is 0.320. The SMILES string of the molecule is CCOC(=O)CCC(=O)NC(C)Cc1ccccc1OC. The number of methoxy groups -OCH3 is 1. The van der Waals surface area contributed by atoms with Gasteiger partial charge in [-0.3, -0.25) is 9.59 Å². The number of hydrogen-bond donors (Lipinski definition) is 1. The summed E-state index contributed by atoms with van der Waals surface area (Å²) in [5.41, 5.74) is 1.04. The highest BCUT2D eigenvalue weighted by Gasteiger charge is 2.12. The van der Waals surface area contributed by atoms with Gasteiger partial charge in [-0.2, -0.15) is 0 Å². The highest BCUT2D eigenvalue weighted by atomic mass is 16.5. The van der Waals surface area contributed by atoms with Crippen molar-refractivity contribution in [3.8, 4) is 5.75 Å². The van der Waals surface area contributed by atoms with Crippen molar-refractivity contribution in [1.82, 2.24) is 5.32 Å². The molecule has 1 rings (SSSR count). The third-order valence-corrected chi connectivity index (χ3v) is 2.99. The third kappa shape index (κ3) is 6.29. The molecule has 1 amide bonds. The number of hydrogen-bond acceptors (Lipinski definition) is 4. The minimum Gasteiger partial charge on any atom is -0.496 e. The summed E-state index contributed by atoms with van der Waals surface area (Å²) in [6.45, 7) is 4.01. The molecule has 0 radical (unpaired) electrons. The second-order valence-corrected chi connectivity index (χ2v) is 4.79. The Bertz CT molecular complexity index is 473. The van der Waals surface area contributed by atoms with Crippen LogP contribution in [0.5, 0.6) is 5.75 Å². The fourth-order valence-corrected chi connectivity index (χ4v) is 2.05. The van der Waals surface area contributed by atoms with E-state index in [9.17, 15) is 9.59 Å². The first kappa shape index (κ1) is 17.0. The van der Waals surface area contributed by atoms with Crippen molar-refractivity contribution in [3.63, 3.8) is 0 Å². The smallest absolute Gasteiger partial charge is 0.306 e. The Balaban J connectivity index is 2.40. The lowest BCUT2D eigenvalue weighted by molar-refractivity contribution is -0.144. The number of rotatable bonds is 8. The normalized spacial score (nSPS) is 11.6. The zero-order chi connectivity index (χ0) is 15.7. The van der Waals surface area contributed by atoms with E-state index in [4.69, 9.17) is 9.47 Å². The molecule has 1 atom stereocenters. The van der Waals surface area contributed by atoms with Crippen molar-refractivity contribution in [2.24, 2.45) is 0 Å². The Kier molecular flexibility index (Phi) is 7.29. The summed E-state index contributed by atoms with van der Waals surface area (Å²) < 4.78 is 10.1. The van der Waals surface area contributed by atoms with Crippen LogP contribution in [0.4, 0.5) is 0 Å². The van der Waals surface area contributed by atoms with Gasteiger partial charge in [0.1, 0.15) is 5.75 Å². The summed E-state index contributed by atoms with van der Waals surface area (Å²) in [4.78, 5) is 22.9. The molecule has 5 heteroatoms. The van der Waals surface area contributed by atoms with Gasteiger partial charge in [0.05, 0.1) is 20.1 Å². The molecular formula is C16H23NO4. The average Bonchev–Trinajstić information content (AvgIpc) is 2.46. The lowest BCUT2D eigenvalue weighted by Gasteiger charge is -2.15. The molecule has 0 spiro atoms. The van der Waals surface area contributed by atoms with E-state index < -0.39 is 0 Å². The Morgan fingerprint density at radius 3 is 2.62 bits per heavy atom. The number of carbonyl (C=O) groups is 2. The molecule has 21 heavy (non-hydrogen) atoms. The molecule has 116 valence electrons. The summed E-state index contributed by atoms with van der Waals surface area (Å²) in [7, 11) is 1.63. The first-order valence-corrected chi connectivity index (χ1v) is 7.13. The summed E-state index contributed by atoms with van der Waals surface area (Å²) >= 11 is 0. The predicted octanol–water partition coefficient (Wildman–Crippen LogP) is 2.09. The van der Waals surface area contributed by atoms with E-state index in [2.05, 4.69) is 5.32 Å². The van der Waals surface area contributed by atoms with Crippen molar-refractivity contribution in [2.45, 2.75) is 39.2 Å². The van der Waals surface area contributed by atoms with E-state index in [1.165, 1.54) is 0 Å². The van der Waals surface area contributed by atoms with Gasteiger partial charge in [0.25, 0.3) is 0 Å². The number of benzene rings is 1. The molecule has 0 aliphatic carbocycles. The highest BCUT2D eigenvalue weighted by Crippen LogP contribution is 2.18. The lowest BCUT2D eigenvalue weighted by atomic mass is 10.1. The van der Waals surface area contributed by atoms with Crippen LogP contribution in [0.25, 0.3) is 0 Å². The van der Waals surface area contributed by atoms with Crippen molar-refractivity contribution in [2.75, 3.05) is 13.7 Å². The molecule has 1 N–H and O–H groups in total. The molecule has 0 saturated carbocycles. The average molecular weight is 293 g/mol. The molecule has 0 aliphatic rings. The van der Waals surface area contributed by atoms with Gasteiger partial charge in [-0.1, -0.05) is 18.2 Å².